The summed E-state index contributed by atoms with van der Waals surface area (Å²) in [4.78, 5) is 12.1. The minimum atomic E-state index is -1.30. The van der Waals surface area contributed by atoms with Crippen LogP contribution in [0.1, 0.15) is 5.56 Å². The first-order valence-corrected chi connectivity index (χ1v) is 7.58. The van der Waals surface area contributed by atoms with E-state index >= 15 is 0 Å². The predicted molar refractivity (Wildman–Crippen MR) is 80.4 cm³/mol. The molecule has 2 atom stereocenters. The largest absolute Gasteiger partial charge is 0.482 e. The van der Waals surface area contributed by atoms with E-state index in [9.17, 15) is 18.0 Å². The molecule has 0 unspecified atom stereocenters. The monoisotopic (exact) mass is 355 g/mol. The highest BCUT2D eigenvalue weighted by atomic mass is 19.2. The van der Waals surface area contributed by atoms with Crippen LogP contribution in [0.2, 0.25) is 0 Å². The maximum atomic E-state index is 13.6. The number of nitrogens with zero attached hydrogens (tertiary/aromatic N) is 2. The van der Waals surface area contributed by atoms with E-state index in [0.29, 0.717) is 17.9 Å². The average molecular weight is 355 g/mol. The highest BCUT2D eigenvalue weighted by molar-refractivity contribution is 5.79. The van der Waals surface area contributed by atoms with Crippen molar-refractivity contribution in [3.63, 3.8) is 0 Å². The lowest BCUT2D eigenvalue weighted by Crippen LogP contribution is -2.45. The van der Waals surface area contributed by atoms with Crippen molar-refractivity contribution in [2.24, 2.45) is 7.05 Å². The van der Waals surface area contributed by atoms with E-state index in [1.807, 2.05) is 0 Å². The number of carbonyl (C=O) groups excluding carboxylic acids is 1. The summed E-state index contributed by atoms with van der Waals surface area (Å²) in [6.45, 7) is 0.510. The second-order valence-corrected chi connectivity index (χ2v) is 5.75. The van der Waals surface area contributed by atoms with Crippen LogP contribution in [0.15, 0.2) is 24.5 Å². The van der Waals surface area contributed by atoms with Crippen LogP contribution in [0.25, 0.3) is 0 Å². The SMILES string of the molecule is Cn1cc(O[C@@H]2COC[C@@H]2NC(=O)Cc2cc(F)c(F)cc2F)cn1. The van der Waals surface area contributed by atoms with E-state index in [4.69, 9.17) is 9.47 Å². The molecule has 0 radical (unpaired) electrons. The zero-order valence-corrected chi connectivity index (χ0v) is 13.3. The summed E-state index contributed by atoms with van der Waals surface area (Å²) in [5, 5.41) is 6.65. The lowest BCUT2D eigenvalue weighted by Gasteiger charge is -2.19. The molecular weight excluding hydrogens is 339 g/mol. The van der Waals surface area contributed by atoms with E-state index in [-0.39, 0.29) is 18.8 Å². The maximum absolute atomic E-state index is 13.6. The van der Waals surface area contributed by atoms with Gasteiger partial charge in [0.05, 0.1) is 38.1 Å². The quantitative estimate of drug-likeness (QED) is 0.823. The number of aromatic nitrogens is 2. The number of amides is 1. The Morgan fingerprint density at radius 2 is 2.08 bits per heavy atom. The normalized spacial score (nSPS) is 19.8. The van der Waals surface area contributed by atoms with Gasteiger partial charge in [-0.25, -0.2) is 13.2 Å². The Kier molecular flexibility index (Phi) is 4.93. The average Bonchev–Trinajstić information content (AvgIpc) is 3.14. The van der Waals surface area contributed by atoms with Gasteiger partial charge in [-0.2, -0.15) is 5.10 Å². The number of nitrogens with one attached hydrogen (secondary N) is 1. The Morgan fingerprint density at radius 1 is 1.32 bits per heavy atom. The van der Waals surface area contributed by atoms with Crippen molar-refractivity contribution < 1.29 is 27.4 Å². The molecule has 1 aliphatic rings. The molecule has 1 N–H and O–H groups in total. The van der Waals surface area contributed by atoms with Crippen molar-refractivity contribution in [1.82, 2.24) is 15.1 Å². The van der Waals surface area contributed by atoms with Crippen LogP contribution >= 0.6 is 0 Å². The van der Waals surface area contributed by atoms with Crippen molar-refractivity contribution in [1.29, 1.82) is 0 Å². The van der Waals surface area contributed by atoms with Crippen LogP contribution in [0.5, 0.6) is 5.75 Å². The summed E-state index contributed by atoms with van der Waals surface area (Å²) in [5.41, 5.74) is -0.222. The molecule has 1 saturated heterocycles. The van der Waals surface area contributed by atoms with Crippen LogP contribution in [-0.4, -0.2) is 41.0 Å². The summed E-state index contributed by atoms with van der Waals surface area (Å²) in [6, 6.07) is 0.658. The summed E-state index contributed by atoms with van der Waals surface area (Å²) in [6.07, 6.45) is 2.36. The van der Waals surface area contributed by atoms with Gasteiger partial charge in [-0.3, -0.25) is 9.48 Å². The van der Waals surface area contributed by atoms with Crippen LogP contribution in [-0.2, 0) is 23.0 Å². The van der Waals surface area contributed by atoms with Crippen molar-refractivity contribution in [2.45, 2.75) is 18.6 Å². The summed E-state index contributed by atoms with van der Waals surface area (Å²) < 4.78 is 52.3. The molecule has 25 heavy (non-hydrogen) atoms. The number of hydrogen-bond acceptors (Lipinski definition) is 4. The lowest BCUT2D eigenvalue weighted by atomic mass is 10.1. The third-order valence-electron chi connectivity index (χ3n) is 3.78. The molecule has 6 nitrogen and oxygen atoms in total. The van der Waals surface area contributed by atoms with E-state index in [2.05, 4.69) is 10.4 Å². The lowest BCUT2D eigenvalue weighted by molar-refractivity contribution is -0.121. The van der Waals surface area contributed by atoms with Crippen LogP contribution in [0.4, 0.5) is 13.2 Å². The fourth-order valence-electron chi connectivity index (χ4n) is 2.55. The Bertz CT molecular complexity index is 781. The standard InChI is InChI=1S/C16H16F3N3O3/c1-22-6-10(5-20-22)25-15-8-24-7-14(15)21-16(23)3-9-2-12(18)13(19)4-11(9)17/h2,4-6,14-15H,3,7-8H2,1H3,(H,21,23)/t14-,15+/m0/s1. The van der Waals surface area contributed by atoms with Crippen LogP contribution < -0.4 is 10.1 Å². The Hall–Kier alpha value is -2.55. The van der Waals surface area contributed by atoms with E-state index in [0.717, 1.165) is 0 Å². The second-order valence-electron chi connectivity index (χ2n) is 5.75. The van der Waals surface area contributed by atoms with Gasteiger partial charge < -0.3 is 14.8 Å². The second kappa shape index (κ2) is 7.14. The minimum absolute atomic E-state index is 0.222. The van der Waals surface area contributed by atoms with Crippen molar-refractivity contribution >= 4 is 5.91 Å². The molecule has 2 aromatic rings. The Morgan fingerprint density at radius 3 is 2.80 bits per heavy atom. The molecule has 9 heteroatoms. The number of rotatable bonds is 5. The molecule has 1 aromatic carbocycles. The number of aryl methyl sites for hydroxylation is 1. The Balaban J connectivity index is 1.61. The number of benzene rings is 1. The minimum Gasteiger partial charge on any atom is -0.482 e. The molecular formula is C16H16F3N3O3. The molecule has 0 saturated carbocycles. The molecule has 1 aromatic heterocycles. The third-order valence-corrected chi connectivity index (χ3v) is 3.78. The van der Waals surface area contributed by atoms with Gasteiger partial charge in [0, 0.05) is 18.7 Å². The zero-order chi connectivity index (χ0) is 18.0. The molecule has 1 aliphatic heterocycles. The van der Waals surface area contributed by atoms with Gasteiger partial charge in [-0.05, 0) is 6.07 Å². The highest BCUT2D eigenvalue weighted by Crippen LogP contribution is 2.17. The number of halogens is 3. The first-order chi connectivity index (χ1) is 11.9. The maximum Gasteiger partial charge on any atom is 0.224 e. The van der Waals surface area contributed by atoms with Gasteiger partial charge in [0.25, 0.3) is 0 Å². The van der Waals surface area contributed by atoms with Gasteiger partial charge in [0.15, 0.2) is 17.4 Å². The predicted octanol–water partition coefficient (Wildman–Crippen LogP) is 1.34. The first-order valence-electron chi connectivity index (χ1n) is 7.58. The molecule has 3 rings (SSSR count). The fraction of sp³-hybridized carbons (Fsp3) is 0.375. The van der Waals surface area contributed by atoms with E-state index in [1.165, 1.54) is 6.20 Å². The number of ether oxygens (including phenoxy) is 2. The Labute approximate surface area is 141 Å². The third kappa shape index (κ3) is 4.11. The number of carbonyl (C=O) groups is 1. The van der Waals surface area contributed by atoms with Gasteiger partial charge >= 0.3 is 0 Å². The molecule has 0 spiro atoms. The summed E-state index contributed by atoms with van der Waals surface area (Å²) in [7, 11) is 1.74. The number of hydrogen-bond donors (Lipinski definition) is 1. The molecule has 1 amide bonds. The summed E-state index contributed by atoms with van der Waals surface area (Å²) in [5.74, 6) is -3.48. The van der Waals surface area contributed by atoms with Crippen molar-refractivity contribution in [3.8, 4) is 5.75 Å². The fourth-order valence-corrected chi connectivity index (χ4v) is 2.55. The van der Waals surface area contributed by atoms with Crippen molar-refractivity contribution in [2.75, 3.05) is 13.2 Å². The van der Waals surface area contributed by atoms with Crippen molar-refractivity contribution in [3.05, 3.63) is 47.5 Å². The summed E-state index contributed by atoms with van der Waals surface area (Å²) >= 11 is 0. The van der Waals surface area contributed by atoms with Crippen LogP contribution in [0.3, 0.4) is 0 Å². The van der Waals surface area contributed by atoms with Crippen LogP contribution in [0, 0.1) is 17.5 Å². The van der Waals surface area contributed by atoms with Gasteiger partial charge in [-0.15, -0.1) is 0 Å². The van der Waals surface area contributed by atoms with E-state index < -0.39 is 41.9 Å². The molecule has 1 fully saturated rings. The molecule has 2 heterocycles. The highest BCUT2D eigenvalue weighted by Gasteiger charge is 2.32. The zero-order valence-electron chi connectivity index (χ0n) is 13.3. The van der Waals surface area contributed by atoms with Gasteiger partial charge in [0.2, 0.25) is 5.91 Å². The van der Waals surface area contributed by atoms with Gasteiger partial charge in [0.1, 0.15) is 11.9 Å². The molecule has 0 aliphatic carbocycles. The molecule has 134 valence electrons. The smallest absolute Gasteiger partial charge is 0.224 e. The first kappa shape index (κ1) is 17.3. The molecule has 0 bridgehead atoms. The topological polar surface area (TPSA) is 65.4 Å². The van der Waals surface area contributed by atoms with E-state index in [1.54, 1.807) is 17.9 Å². The van der Waals surface area contributed by atoms with Gasteiger partial charge in [-0.1, -0.05) is 0 Å².